The molecule has 180 valence electrons. The Morgan fingerprint density at radius 3 is 2.74 bits per heavy atom. The van der Waals surface area contributed by atoms with Crippen LogP contribution in [-0.4, -0.2) is 46.7 Å². The first-order valence-electron chi connectivity index (χ1n) is 12.0. The van der Waals surface area contributed by atoms with Crippen LogP contribution in [0.15, 0.2) is 45.7 Å². The fourth-order valence-corrected chi connectivity index (χ4v) is 4.30. The smallest absolute Gasteiger partial charge is 0.259 e. The topological polar surface area (TPSA) is 108 Å². The van der Waals surface area contributed by atoms with Gasteiger partial charge in [0, 0.05) is 38.5 Å². The molecule has 34 heavy (non-hydrogen) atoms. The number of carbonyl (C=O) groups is 2. The third-order valence-corrected chi connectivity index (χ3v) is 6.60. The number of amides is 1. The summed E-state index contributed by atoms with van der Waals surface area (Å²) in [7, 11) is 1.79. The molecule has 3 aromatic rings. The molecule has 1 amide bonds. The molecule has 1 atom stereocenters. The highest BCUT2D eigenvalue weighted by Crippen LogP contribution is 2.30. The maximum absolute atomic E-state index is 13.0. The lowest BCUT2D eigenvalue weighted by Gasteiger charge is -2.33. The van der Waals surface area contributed by atoms with Crippen molar-refractivity contribution in [3.63, 3.8) is 0 Å². The molecule has 4 rings (SSSR count). The van der Waals surface area contributed by atoms with Gasteiger partial charge in [0.1, 0.15) is 11.8 Å². The Balaban J connectivity index is 1.54. The van der Waals surface area contributed by atoms with Gasteiger partial charge >= 0.3 is 0 Å². The number of ketones is 1. The van der Waals surface area contributed by atoms with Gasteiger partial charge in [0.05, 0.1) is 17.7 Å². The number of unbranched alkanes of at least 4 members (excludes halogenated alkanes) is 2. The molecule has 1 saturated heterocycles. The Kier molecular flexibility index (Phi) is 7.57. The van der Waals surface area contributed by atoms with Gasteiger partial charge in [-0.1, -0.05) is 38.0 Å². The largest absolute Gasteiger partial charge is 0.438 e. The Morgan fingerprint density at radius 2 is 2.00 bits per heavy atom. The number of aromatic nitrogens is 2. The summed E-state index contributed by atoms with van der Waals surface area (Å²) in [5.74, 6) is 1.11. The van der Waals surface area contributed by atoms with Crippen molar-refractivity contribution in [3.05, 3.63) is 52.8 Å². The van der Waals surface area contributed by atoms with Crippen molar-refractivity contribution in [1.82, 2.24) is 20.2 Å². The number of rotatable bonds is 11. The second kappa shape index (κ2) is 10.8. The molecule has 8 nitrogen and oxygen atoms in total. The van der Waals surface area contributed by atoms with Gasteiger partial charge < -0.3 is 19.6 Å². The van der Waals surface area contributed by atoms with Crippen LogP contribution in [0.4, 0.5) is 0 Å². The maximum Gasteiger partial charge on any atom is 0.259 e. The molecule has 1 aliphatic rings. The lowest BCUT2D eigenvalue weighted by atomic mass is 9.99. The number of aromatic amines is 1. The summed E-state index contributed by atoms with van der Waals surface area (Å²) in [4.78, 5) is 46.3. The SMILES string of the molecule is CCC(=O)CCCCC[C@@H](c1ncc(-c2cc3ccccc3[nH]c2=O)o1)N(C)C(=O)C1CNC1. The minimum Gasteiger partial charge on any atom is -0.438 e. The average molecular weight is 465 g/mol. The van der Waals surface area contributed by atoms with Crippen molar-refractivity contribution < 1.29 is 14.0 Å². The van der Waals surface area contributed by atoms with Gasteiger partial charge in [0.15, 0.2) is 5.76 Å². The zero-order chi connectivity index (χ0) is 24.1. The number of pyridine rings is 1. The molecule has 2 N–H and O–H groups in total. The number of hydrogen-bond acceptors (Lipinski definition) is 6. The maximum atomic E-state index is 13.0. The molecule has 0 bridgehead atoms. The van der Waals surface area contributed by atoms with Crippen LogP contribution >= 0.6 is 0 Å². The molecule has 1 aliphatic heterocycles. The Morgan fingerprint density at radius 1 is 1.21 bits per heavy atom. The van der Waals surface area contributed by atoms with Crippen LogP contribution < -0.4 is 10.9 Å². The summed E-state index contributed by atoms with van der Waals surface area (Å²) in [6.07, 6.45) is 5.98. The van der Waals surface area contributed by atoms with Gasteiger partial charge in [-0.15, -0.1) is 0 Å². The Labute approximate surface area is 198 Å². The van der Waals surface area contributed by atoms with Crippen molar-refractivity contribution in [2.75, 3.05) is 20.1 Å². The molecule has 0 aliphatic carbocycles. The number of Topliss-reactive ketones (excluding diaryl/α,β-unsaturated/α-hetero) is 1. The minimum atomic E-state index is -0.330. The van der Waals surface area contributed by atoms with Gasteiger partial charge in [-0.2, -0.15) is 0 Å². The van der Waals surface area contributed by atoms with Crippen molar-refractivity contribution >= 4 is 22.6 Å². The molecule has 0 radical (unpaired) electrons. The van der Waals surface area contributed by atoms with E-state index in [1.165, 1.54) is 0 Å². The van der Waals surface area contributed by atoms with Crippen molar-refractivity contribution in [2.45, 2.75) is 51.5 Å². The van der Waals surface area contributed by atoms with Crippen LogP contribution in [0, 0.1) is 5.92 Å². The van der Waals surface area contributed by atoms with Crippen LogP contribution in [0.25, 0.3) is 22.2 Å². The first-order chi connectivity index (χ1) is 16.5. The summed E-state index contributed by atoms with van der Waals surface area (Å²) in [5, 5.41) is 4.04. The lowest BCUT2D eigenvalue weighted by Crippen LogP contribution is -2.51. The van der Waals surface area contributed by atoms with Gasteiger partial charge in [-0.05, 0) is 30.4 Å². The predicted octanol–water partition coefficient (Wildman–Crippen LogP) is 3.83. The number of para-hydroxylation sites is 1. The van der Waals surface area contributed by atoms with E-state index in [0.717, 1.165) is 30.2 Å². The number of nitrogens with one attached hydrogen (secondary N) is 2. The van der Waals surface area contributed by atoms with E-state index in [-0.39, 0.29) is 29.2 Å². The molecule has 8 heteroatoms. The van der Waals surface area contributed by atoms with E-state index in [2.05, 4.69) is 15.3 Å². The van der Waals surface area contributed by atoms with Gasteiger partial charge in [0.25, 0.3) is 5.56 Å². The van der Waals surface area contributed by atoms with Crippen LogP contribution in [0.2, 0.25) is 0 Å². The molecular formula is C26H32N4O4. The summed E-state index contributed by atoms with van der Waals surface area (Å²) >= 11 is 0. The average Bonchev–Trinajstić information content (AvgIpc) is 3.28. The van der Waals surface area contributed by atoms with E-state index in [9.17, 15) is 14.4 Å². The third kappa shape index (κ3) is 5.28. The highest BCUT2D eigenvalue weighted by molar-refractivity contribution is 5.82. The summed E-state index contributed by atoms with van der Waals surface area (Å²) in [6, 6.07) is 9.04. The summed E-state index contributed by atoms with van der Waals surface area (Å²) in [6.45, 7) is 3.24. The van der Waals surface area contributed by atoms with Gasteiger partial charge in [0.2, 0.25) is 11.8 Å². The van der Waals surface area contributed by atoms with Crippen LogP contribution in [0.3, 0.4) is 0 Å². The standard InChI is InChI=1S/C26H32N4O4/c1-3-19(31)10-5-4-6-12-22(30(2)26(33)18-14-27-15-18)25-28-16-23(34-25)20-13-17-9-7-8-11-21(17)29-24(20)32/h7-9,11,13,16,18,22,27H,3-6,10,12,14-15H2,1-2H3,(H,29,32)/t22-/m0/s1. The number of oxazole rings is 1. The molecule has 2 aromatic heterocycles. The monoisotopic (exact) mass is 464 g/mol. The molecule has 0 unspecified atom stereocenters. The number of nitrogens with zero attached hydrogens (tertiary/aromatic N) is 2. The van der Waals surface area contributed by atoms with Gasteiger partial charge in [-0.25, -0.2) is 4.98 Å². The predicted molar refractivity (Wildman–Crippen MR) is 130 cm³/mol. The quantitative estimate of drug-likeness (QED) is 0.418. The molecule has 0 saturated carbocycles. The fraction of sp³-hybridized carbons (Fsp3) is 0.462. The van der Waals surface area contributed by atoms with E-state index < -0.39 is 0 Å². The molecule has 0 spiro atoms. The van der Waals surface area contributed by atoms with Crippen molar-refractivity contribution in [3.8, 4) is 11.3 Å². The first-order valence-corrected chi connectivity index (χ1v) is 12.0. The Bertz CT molecular complexity index is 1210. The van der Waals surface area contributed by atoms with Crippen LogP contribution in [0.5, 0.6) is 0 Å². The summed E-state index contributed by atoms with van der Waals surface area (Å²) < 4.78 is 6.08. The number of H-pyrrole nitrogens is 1. The Hall–Kier alpha value is -3.26. The highest BCUT2D eigenvalue weighted by atomic mass is 16.4. The van der Waals surface area contributed by atoms with Crippen LogP contribution in [0.1, 0.15) is 57.4 Å². The third-order valence-electron chi connectivity index (χ3n) is 6.60. The van der Waals surface area contributed by atoms with E-state index in [0.29, 0.717) is 49.6 Å². The fourth-order valence-electron chi connectivity index (χ4n) is 4.30. The lowest BCUT2D eigenvalue weighted by molar-refractivity contribution is -0.138. The van der Waals surface area contributed by atoms with E-state index >= 15 is 0 Å². The normalized spacial score (nSPS) is 14.6. The first kappa shape index (κ1) is 23.9. The number of hydrogen-bond donors (Lipinski definition) is 2. The zero-order valence-electron chi connectivity index (χ0n) is 19.8. The van der Waals surface area contributed by atoms with E-state index in [1.807, 2.05) is 31.2 Å². The molecule has 1 aromatic carbocycles. The number of fused-ring (bicyclic) bond motifs is 1. The van der Waals surface area contributed by atoms with E-state index in [4.69, 9.17) is 4.42 Å². The van der Waals surface area contributed by atoms with E-state index in [1.54, 1.807) is 24.2 Å². The molecule has 1 fully saturated rings. The second-order valence-corrected chi connectivity index (χ2v) is 8.97. The second-order valence-electron chi connectivity index (χ2n) is 8.97. The zero-order valence-corrected chi connectivity index (χ0v) is 19.8. The highest BCUT2D eigenvalue weighted by Gasteiger charge is 2.33. The summed E-state index contributed by atoms with van der Waals surface area (Å²) in [5.41, 5.74) is 0.921. The van der Waals surface area contributed by atoms with Crippen molar-refractivity contribution in [2.24, 2.45) is 5.92 Å². The molecule has 3 heterocycles. The number of carbonyl (C=O) groups excluding carboxylic acids is 2. The number of benzene rings is 1. The van der Waals surface area contributed by atoms with Gasteiger partial charge in [-0.3, -0.25) is 14.4 Å². The van der Waals surface area contributed by atoms with Crippen LogP contribution in [-0.2, 0) is 9.59 Å². The molecular weight excluding hydrogens is 432 g/mol. The minimum absolute atomic E-state index is 0.0348. The van der Waals surface area contributed by atoms with Crippen molar-refractivity contribution in [1.29, 1.82) is 0 Å².